The number of aromatic nitrogens is 3. The van der Waals surface area contributed by atoms with E-state index in [4.69, 9.17) is 15.2 Å². The number of amides is 1. The zero-order valence-corrected chi connectivity index (χ0v) is 15.7. The van der Waals surface area contributed by atoms with Gasteiger partial charge in [-0.05, 0) is 26.5 Å². The zero-order chi connectivity index (χ0) is 20.3. The Morgan fingerprint density at radius 3 is 2.86 bits per heavy atom. The van der Waals surface area contributed by atoms with Gasteiger partial charge in [-0.3, -0.25) is 4.79 Å². The van der Waals surface area contributed by atoms with Gasteiger partial charge in [-0.15, -0.1) is 0 Å². The quantitative estimate of drug-likeness (QED) is 0.730. The summed E-state index contributed by atoms with van der Waals surface area (Å²) in [4.78, 5) is 29.6. The molecule has 0 unspecified atom stereocenters. The van der Waals surface area contributed by atoms with Crippen LogP contribution in [0.2, 0.25) is 0 Å². The molecule has 0 bridgehead atoms. The molecule has 9 nitrogen and oxygen atoms in total. The van der Waals surface area contributed by atoms with Gasteiger partial charge in [0, 0.05) is 19.3 Å². The number of rotatable bonds is 6. The molecule has 2 atom stereocenters. The first kappa shape index (κ1) is 19.7. The summed E-state index contributed by atoms with van der Waals surface area (Å²) in [6.45, 7) is 2.88. The Hall–Kier alpha value is -3.01. The molecule has 28 heavy (non-hydrogen) atoms. The van der Waals surface area contributed by atoms with Gasteiger partial charge in [0.05, 0.1) is 30.3 Å². The summed E-state index contributed by atoms with van der Waals surface area (Å²) in [5.41, 5.74) is 6.12. The Labute approximate surface area is 161 Å². The molecule has 1 aliphatic rings. The summed E-state index contributed by atoms with van der Waals surface area (Å²) in [6.07, 6.45) is 2.78. The summed E-state index contributed by atoms with van der Waals surface area (Å²) in [6, 6.07) is 1.44. The van der Waals surface area contributed by atoms with E-state index in [0.29, 0.717) is 18.7 Å². The number of carbonyl (C=O) groups is 2. The standard InChI is InChI=1S/C18H22FN5O4/c1-3-27-18(26)11-7-22-24(9-11)12-6-13(16(20)25)17(21-8-12)28-15-4-5-23(2)10-14(15)19/h6-9,14-15H,3-5,10H2,1-2H3,(H2,20,25)/t14-,15+/m0/s1. The number of alkyl halides is 1. The number of hydrogen-bond acceptors (Lipinski definition) is 7. The van der Waals surface area contributed by atoms with Gasteiger partial charge in [0.1, 0.15) is 17.8 Å². The van der Waals surface area contributed by atoms with Gasteiger partial charge in [0.25, 0.3) is 5.91 Å². The monoisotopic (exact) mass is 391 g/mol. The first-order valence-electron chi connectivity index (χ1n) is 8.90. The van der Waals surface area contributed by atoms with Gasteiger partial charge < -0.3 is 20.1 Å². The van der Waals surface area contributed by atoms with Crippen molar-refractivity contribution in [2.24, 2.45) is 5.73 Å². The molecule has 3 rings (SSSR count). The predicted molar refractivity (Wildman–Crippen MR) is 97.3 cm³/mol. The van der Waals surface area contributed by atoms with Crippen molar-refractivity contribution in [1.82, 2.24) is 19.7 Å². The van der Waals surface area contributed by atoms with Crippen molar-refractivity contribution in [2.45, 2.75) is 25.6 Å². The van der Waals surface area contributed by atoms with Gasteiger partial charge in [0.2, 0.25) is 5.88 Å². The Bertz CT molecular complexity index is 871. The molecule has 1 fully saturated rings. The third kappa shape index (κ3) is 4.28. The second-order valence-corrected chi connectivity index (χ2v) is 6.53. The smallest absolute Gasteiger partial charge is 0.341 e. The van der Waals surface area contributed by atoms with E-state index in [2.05, 4.69) is 10.1 Å². The molecule has 0 saturated carbocycles. The highest BCUT2D eigenvalue weighted by Crippen LogP contribution is 2.24. The van der Waals surface area contributed by atoms with E-state index in [0.717, 1.165) is 0 Å². The maximum Gasteiger partial charge on any atom is 0.341 e. The van der Waals surface area contributed by atoms with Crippen LogP contribution < -0.4 is 10.5 Å². The van der Waals surface area contributed by atoms with Crippen LogP contribution in [0.5, 0.6) is 5.88 Å². The molecular weight excluding hydrogens is 369 g/mol. The van der Waals surface area contributed by atoms with E-state index in [9.17, 15) is 14.0 Å². The lowest BCUT2D eigenvalue weighted by molar-refractivity contribution is 0.0280. The van der Waals surface area contributed by atoms with Crippen molar-refractivity contribution in [3.8, 4) is 11.6 Å². The second-order valence-electron chi connectivity index (χ2n) is 6.53. The van der Waals surface area contributed by atoms with Gasteiger partial charge in [-0.1, -0.05) is 0 Å². The Balaban J connectivity index is 1.83. The van der Waals surface area contributed by atoms with Crippen molar-refractivity contribution in [3.05, 3.63) is 35.8 Å². The lowest BCUT2D eigenvalue weighted by atomic mass is 10.1. The molecule has 2 aromatic rings. The minimum atomic E-state index is -1.20. The molecule has 1 amide bonds. The fourth-order valence-corrected chi connectivity index (χ4v) is 2.93. The van der Waals surface area contributed by atoms with E-state index in [1.54, 1.807) is 6.92 Å². The molecule has 10 heteroatoms. The number of ether oxygens (including phenoxy) is 2. The molecule has 2 aromatic heterocycles. The molecule has 150 valence electrons. The van der Waals surface area contributed by atoms with E-state index >= 15 is 0 Å². The largest absolute Gasteiger partial charge is 0.471 e. The molecule has 0 aliphatic carbocycles. The molecule has 1 saturated heterocycles. The lowest BCUT2D eigenvalue weighted by Gasteiger charge is -2.32. The molecule has 3 heterocycles. The van der Waals surface area contributed by atoms with Crippen LogP contribution in [0, 0.1) is 0 Å². The number of carbonyl (C=O) groups excluding carboxylic acids is 2. The summed E-state index contributed by atoms with van der Waals surface area (Å²) < 4.78 is 26.2. The topological polar surface area (TPSA) is 113 Å². The van der Waals surface area contributed by atoms with Crippen LogP contribution in [0.1, 0.15) is 34.1 Å². The van der Waals surface area contributed by atoms with E-state index in [1.807, 2.05) is 11.9 Å². The summed E-state index contributed by atoms with van der Waals surface area (Å²) >= 11 is 0. The van der Waals surface area contributed by atoms with Gasteiger partial charge in [-0.2, -0.15) is 5.10 Å². The fraction of sp³-hybridized carbons (Fsp3) is 0.444. The Kier molecular flexibility index (Phi) is 5.88. The number of pyridine rings is 1. The highest BCUT2D eigenvalue weighted by atomic mass is 19.1. The van der Waals surface area contributed by atoms with Crippen LogP contribution in [0.25, 0.3) is 5.69 Å². The number of halogens is 1. The maximum atomic E-state index is 14.2. The van der Waals surface area contributed by atoms with Crippen LogP contribution in [0.15, 0.2) is 24.7 Å². The molecule has 0 radical (unpaired) electrons. The highest BCUT2D eigenvalue weighted by molar-refractivity contribution is 5.95. The molecule has 0 spiro atoms. The van der Waals surface area contributed by atoms with Crippen molar-refractivity contribution >= 4 is 11.9 Å². The maximum absolute atomic E-state index is 14.2. The van der Waals surface area contributed by atoms with Crippen molar-refractivity contribution in [1.29, 1.82) is 0 Å². The molecule has 1 aliphatic heterocycles. The number of likely N-dealkylation sites (tertiary alicyclic amines) is 1. The Morgan fingerprint density at radius 2 is 2.18 bits per heavy atom. The number of esters is 1. The van der Waals surface area contributed by atoms with E-state index in [-0.39, 0.29) is 30.2 Å². The number of primary amides is 1. The number of nitrogens with zero attached hydrogens (tertiary/aromatic N) is 4. The minimum Gasteiger partial charge on any atom is -0.471 e. The summed E-state index contributed by atoms with van der Waals surface area (Å²) in [5, 5.41) is 4.07. The first-order valence-corrected chi connectivity index (χ1v) is 8.90. The van der Waals surface area contributed by atoms with Gasteiger partial charge in [-0.25, -0.2) is 18.9 Å². The first-order chi connectivity index (χ1) is 13.4. The van der Waals surface area contributed by atoms with Crippen LogP contribution in [0.4, 0.5) is 4.39 Å². The van der Waals surface area contributed by atoms with Crippen LogP contribution in [0.3, 0.4) is 0 Å². The molecule has 2 N–H and O–H groups in total. The average Bonchev–Trinajstić information content (AvgIpc) is 3.14. The lowest BCUT2D eigenvalue weighted by Crippen LogP contribution is -2.45. The van der Waals surface area contributed by atoms with Crippen molar-refractivity contribution in [3.63, 3.8) is 0 Å². The highest BCUT2D eigenvalue weighted by Gasteiger charge is 2.30. The van der Waals surface area contributed by atoms with E-state index in [1.165, 1.54) is 29.3 Å². The van der Waals surface area contributed by atoms with Gasteiger partial charge >= 0.3 is 5.97 Å². The Morgan fingerprint density at radius 1 is 1.39 bits per heavy atom. The second kappa shape index (κ2) is 8.34. The van der Waals surface area contributed by atoms with Crippen LogP contribution in [-0.2, 0) is 4.74 Å². The summed E-state index contributed by atoms with van der Waals surface area (Å²) in [7, 11) is 1.83. The van der Waals surface area contributed by atoms with Gasteiger partial charge in [0.15, 0.2) is 0 Å². The number of piperidine rings is 1. The molecular formula is C18H22FN5O4. The van der Waals surface area contributed by atoms with Crippen LogP contribution in [-0.4, -0.2) is 70.6 Å². The van der Waals surface area contributed by atoms with E-state index < -0.39 is 24.2 Å². The minimum absolute atomic E-state index is 0.0109. The third-order valence-corrected chi connectivity index (χ3v) is 4.41. The number of nitrogens with two attached hydrogens (primary N) is 1. The van der Waals surface area contributed by atoms with Crippen LogP contribution >= 0.6 is 0 Å². The summed E-state index contributed by atoms with van der Waals surface area (Å²) in [5.74, 6) is -1.29. The third-order valence-electron chi connectivity index (χ3n) is 4.41. The fourth-order valence-electron chi connectivity index (χ4n) is 2.93. The van der Waals surface area contributed by atoms with Crippen molar-refractivity contribution < 1.29 is 23.5 Å². The number of hydrogen-bond donors (Lipinski definition) is 1. The SMILES string of the molecule is CCOC(=O)c1cnn(-c2cnc(O[C@@H]3CCN(C)C[C@@H]3F)c(C(N)=O)c2)c1. The average molecular weight is 391 g/mol. The van der Waals surface area contributed by atoms with Crippen molar-refractivity contribution in [2.75, 3.05) is 26.7 Å². The molecule has 0 aromatic carbocycles. The normalized spacial score (nSPS) is 20.0. The predicted octanol–water partition coefficient (Wildman–Crippen LogP) is 0.964. The zero-order valence-electron chi connectivity index (χ0n) is 15.7.